The lowest BCUT2D eigenvalue weighted by atomic mass is 10.3. The summed E-state index contributed by atoms with van der Waals surface area (Å²) in [5, 5.41) is 8.51. The maximum atomic E-state index is 10.3. The molecular weight excluding hydrogens is 218 g/mol. The molecule has 82 valence electrons. The summed E-state index contributed by atoms with van der Waals surface area (Å²) in [4.78, 5) is 12.7. The largest absolute Gasteiger partial charge is 0.481 e. The third-order valence-corrected chi connectivity index (χ3v) is 4.24. The van der Waals surface area contributed by atoms with Crippen molar-refractivity contribution in [3.8, 4) is 0 Å². The van der Waals surface area contributed by atoms with E-state index in [0.717, 1.165) is 24.7 Å². The topological polar surface area (TPSA) is 40.5 Å². The van der Waals surface area contributed by atoms with E-state index >= 15 is 0 Å². The van der Waals surface area contributed by atoms with Crippen molar-refractivity contribution >= 4 is 29.5 Å². The zero-order valence-corrected chi connectivity index (χ0v) is 9.91. The fourth-order valence-corrected chi connectivity index (χ4v) is 3.48. The predicted molar refractivity (Wildman–Crippen MR) is 62.8 cm³/mol. The number of aliphatic carboxylic acids is 1. The summed E-state index contributed by atoms with van der Waals surface area (Å²) >= 11 is 3.92. The molecule has 1 heterocycles. The van der Waals surface area contributed by atoms with Gasteiger partial charge in [0, 0.05) is 24.7 Å². The maximum Gasteiger partial charge on any atom is 0.303 e. The quantitative estimate of drug-likeness (QED) is 0.806. The molecular formula is C9H17NO2S2. The number of carboxylic acids is 1. The molecule has 1 N–H and O–H groups in total. The molecule has 1 saturated heterocycles. The van der Waals surface area contributed by atoms with Crippen molar-refractivity contribution in [1.29, 1.82) is 0 Å². The van der Waals surface area contributed by atoms with Crippen molar-refractivity contribution < 1.29 is 9.90 Å². The Kier molecular flexibility index (Phi) is 6.47. The lowest BCUT2D eigenvalue weighted by Crippen LogP contribution is -2.26. The highest BCUT2D eigenvalue weighted by Crippen LogP contribution is 2.17. The summed E-state index contributed by atoms with van der Waals surface area (Å²) in [7, 11) is 0. The molecule has 0 atom stereocenters. The van der Waals surface area contributed by atoms with Crippen molar-refractivity contribution in [2.75, 3.05) is 29.8 Å². The standard InChI is InChI=1S/C9H17NO2S2/c11-9(12)3-1-4-10-7-13-5-2-6-14-8-10/h1-8H2,(H,11,12). The summed E-state index contributed by atoms with van der Waals surface area (Å²) in [5.74, 6) is 3.92. The Hall–Kier alpha value is 0.130. The molecule has 14 heavy (non-hydrogen) atoms. The number of nitrogens with zero attached hydrogens (tertiary/aromatic N) is 1. The molecule has 0 bridgehead atoms. The van der Waals surface area contributed by atoms with Crippen LogP contribution in [0.2, 0.25) is 0 Å². The van der Waals surface area contributed by atoms with Gasteiger partial charge in [-0.05, 0) is 24.3 Å². The molecule has 1 aliphatic rings. The van der Waals surface area contributed by atoms with Gasteiger partial charge in [-0.25, -0.2) is 0 Å². The van der Waals surface area contributed by atoms with Gasteiger partial charge in [0.25, 0.3) is 0 Å². The summed E-state index contributed by atoms with van der Waals surface area (Å²) in [6, 6.07) is 0. The molecule has 0 aromatic carbocycles. The minimum Gasteiger partial charge on any atom is -0.481 e. The number of rotatable bonds is 4. The molecule has 0 aromatic rings. The minimum atomic E-state index is -0.683. The van der Waals surface area contributed by atoms with Gasteiger partial charge < -0.3 is 5.11 Å². The summed E-state index contributed by atoms with van der Waals surface area (Å²) in [6.07, 6.45) is 2.38. The Morgan fingerprint density at radius 3 is 2.50 bits per heavy atom. The number of carbonyl (C=O) groups is 1. The number of carboxylic acid groups (broad SMARTS) is 1. The average molecular weight is 235 g/mol. The highest BCUT2D eigenvalue weighted by Gasteiger charge is 2.08. The normalized spacial score (nSPS) is 20.0. The van der Waals surface area contributed by atoms with Crippen molar-refractivity contribution in [2.45, 2.75) is 19.3 Å². The monoisotopic (exact) mass is 235 g/mol. The fourth-order valence-electron chi connectivity index (χ4n) is 1.27. The van der Waals surface area contributed by atoms with Gasteiger partial charge in [-0.1, -0.05) is 0 Å². The van der Waals surface area contributed by atoms with Crippen molar-refractivity contribution in [2.24, 2.45) is 0 Å². The van der Waals surface area contributed by atoms with Crippen LogP contribution in [0, 0.1) is 0 Å². The van der Waals surface area contributed by atoms with Crippen molar-refractivity contribution in [1.82, 2.24) is 4.90 Å². The highest BCUT2D eigenvalue weighted by atomic mass is 32.2. The first-order valence-electron chi connectivity index (χ1n) is 4.88. The van der Waals surface area contributed by atoms with Crippen LogP contribution in [0.5, 0.6) is 0 Å². The molecule has 0 aliphatic carbocycles. The number of hydrogen-bond donors (Lipinski definition) is 1. The Labute approximate surface area is 93.6 Å². The zero-order chi connectivity index (χ0) is 10.2. The third-order valence-electron chi connectivity index (χ3n) is 1.99. The van der Waals surface area contributed by atoms with Crippen molar-refractivity contribution in [3.05, 3.63) is 0 Å². The van der Waals surface area contributed by atoms with Gasteiger partial charge in [0.15, 0.2) is 0 Å². The van der Waals surface area contributed by atoms with E-state index < -0.39 is 5.97 Å². The van der Waals surface area contributed by atoms with Crippen LogP contribution in [0.1, 0.15) is 19.3 Å². The smallest absolute Gasteiger partial charge is 0.303 e. The lowest BCUT2D eigenvalue weighted by molar-refractivity contribution is -0.137. The molecule has 0 spiro atoms. The van der Waals surface area contributed by atoms with Gasteiger partial charge in [0.05, 0.1) is 0 Å². The molecule has 0 amide bonds. The maximum absolute atomic E-state index is 10.3. The summed E-state index contributed by atoms with van der Waals surface area (Å²) < 4.78 is 0. The van der Waals surface area contributed by atoms with Crippen LogP contribution < -0.4 is 0 Å². The molecule has 0 saturated carbocycles. The van der Waals surface area contributed by atoms with Crippen LogP contribution in [-0.2, 0) is 4.79 Å². The molecule has 0 radical (unpaired) electrons. The molecule has 0 unspecified atom stereocenters. The Morgan fingerprint density at radius 1 is 1.29 bits per heavy atom. The second kappa shape index (κ2) is 7.43. The Bertz CT molecular complexity index is 170. The second-order valence-corrected chi connectivity index (χ2v) is 5.47. The molecule has 1 fully saturated rings. The van der Waals surface area contributed by atoms with Gasteiger partial charge in [-0.3, -0.25) is 9.69 Å². The first-order chi connectivity index (χ1) is 6.79. The van der Waals surface area contributed by atoms with E-state index in [2.05, 4.69) is 4.90 Å². The van der Waals surface area contributed by atoms with E-state index in [4.69, 9.17) is 5.11 Å². The van der Waals surface area contributed by atoms with E-state index in [1.54, 1.807) is 0 Å². The predicted octanol–water partition coefficient (Wildman–Crippen LogP) is 1.94. The van der Waals surface area contributed by atoms with Gasteiger partial charge in [0.2, 0.25) is 0 Å². The van der Waals surface area contributed by atoms with E-state index in [-0.39, 0.29) is 0 Å². The Balaban J connectivity index is 2.10. The van der Waals surface area contributed by atoms with Crippen LogP contribution in [0.4, 0.5) is 0 Å². The highest BCUT2D eigenvalue weighted by molar-refractivity contribution is 8.00. The van der Waals surface area contributed by atoms with Crippen LogP contribution in [0.3, 0.4) is 0 Å². The molecule has 0 aromatic heterocycles. The molecule has 1 rings (SSSR count). The second-order valence-electron chi connectivity index (χ2n) is 3.32. The fraction of sp³-hybridized carbons (Fsp3) is 0.889. The van der Waals surface area contributed by atoms with E-state index in [1.807, 2.05) is 23.5 Å². The summed E-state index contributed by atoms with van der Waals surface area (Å²) in [5.41, 5.74) is 0. The van der Waals surface area contributed by atoms with Crippen molar-refractivity contribution in [3.63, 3.8) is 0 Å². The molecule has 3 nitrogen and oxygen atoms in total. The van der Waals surface area contributed by atoms with E-state index in [9.17, 15) is 4.79 Å². The zero-order valence-electron chi connectivity index (χ0n) is 8.28. The molecule has 5 heteroatoms. The third kappa shape index (κ3) is 5.78. The minimum absolute atomic E-state index is 0.297. The first-order valence-corrected chi connectivity index (χ1v) is 7.19. The van der Waals surface area contributed by atoms with Gasteiger partial charge in [-0.2, -0.15) is 0 Å². The van der Waals surface area contributed by atoms with Gasteiger partial charge in [0.1, 0.15) is 0 Å². The Morgan fingerprint density at radius 2 is 1.93 bits per heavy atom. The first kappa shape index (κ1) is 12.2. The van der Waals surface area contributed by atoms with E-state index in [1.165, 1.54) is 17.9 Å². The van der Waals surface area contributed by atoms with Crippen LogP contribution in [0.15, 0.2) is 0 Å². The van der Waals surface area contributed by atoms with Crippen LogP contribution in [-0.4, -0.2) is 45.8 Å². The number of thioether (sulfide) groups is 2. The van der Waals surface area contributed by atoms with Crippen LogP contribution >= 0.6 is 23.5 Å². The molecule has 1 aliphatic heterocycles. The number of hydrogen-bond acceptors (Lipinski definition) is 4. The SMILES string of the molecule is O=C(O)CCCN1CSCCCSC1. The summed E-state index contributed by atoms with van der Waals surface area (Å²) in [6.45, 7) is 0.923. The lowest BCUT2D eigenvalue weighted by Gasteiger charge is -2.23. The van der Waals surface area contributed by atoms with Gasteiger partial charge in [-0.15, -0.1) is 23.5 Å². The average Bonchev–Trinajstić information content (AvgIpc) is 2.07. The van der Waals surface area contributed by atoms with E-state index in [0.29, 0.717) is 6.42 Å². The van der Waals surface area contributed by atoms with Crippen LogP contribution in [0.25, 0.3) is 0 Å². The van der Waals surface area contributed by atoms with Gasteiger partial charge >= 0.3 is 5.97 Å².